The maximum absolute atomic E-state index is 12.5. The average Bonchev–Trinajstić information content (AvgIpc) is 2.42. The summed E-state index contributed by atoms with van der Waals surface area (Å²) in [5, 5.41) is 3.21. The number of ether oxygens (including phenoxy) is 1. The molecule has 21 heavy (non-hydrogen) atoms. The lowest BCUT2D eigenvalue weighted by molar-refractivity contribution is -0.275. The Morgan fingerprint density at radius 2 is 2.00 bits per heavy atom. The number of hydrogen-bond donors (Lipinski definition) is 1. The maximum atomic E-state index is 12.5. The first-order valence-electron chi connectivity index (χ1n) is 6.53. The van der Waals surface area contributed by atoms with Crippen molar-refractivity contribution in [1.29, 1.82) is 0 Å². The molecule has 1 aliphatic heterocycles. The summed E-state index contributed by atoms with van der Waals surface area (Å²) in [5.41, 5.74) is 0.457. The molecular weight excluding hydrogens is 349 g/mol. The van der Waals surface area contributed by atoms with Crippen LogP contribution < -0.4 is 10.1 Å². The summed E-state index contributed by atoms with van der Waals surface area (Å²) >= 11 is 3.30. The van der Waals surface area contributed by atoms with Gasteiger partial charge in [-0.3, -0.25) is 4.90 Å². The summed E-state index contributed by atoms with van der Waals surface area (Å²) in [5.74, 6) is -0.186. The van der Waals surface area contributed by atoms with E-state index in [1.165, 1.54) is 12.1 Å². The molecule has 1 aromatic rings. The Labute approximate surface area is 129 Å². The van der Waals surface area contributed by atoms with Gasteiger partial charge in [0.15, 0.2) is 0 Å². The number of nitrogens with zero attached hydrogens (tertiary/aromatic N) is 1. The predicted octanol–water partition coefficient (Wildman–Crippen LogP) is 3.48. The molecule has 0 saturated carbocycles. The molecule has 0 aromatic heterocycles. The molecule has 0 amide bonds. The first-order valence-corrected chi connectivity index (χ1v) is 7.32. The van der Waals surface area contributed by atoms with E-state index in [9.17, 15) is 13.2 Å². The number of hydrogen-bond acceptors (Lipinski definition) is 3. The molecule has 2 rings (SSSR count). The molecule has 1 fully saturated rings. The van der Waals surface area contributed by atoms with Gasteiger partial charge in [-0.15, -0.1) is 19.8 Å². The van der Waals surface area contributed by atoms with Gasteiger partial charge in [0, 0.05) is 36.2 Å². The minimum atomic E-state index is -4.71. The lowest BCUT2D eigenvalue weighted by atomic mass is 10.0. The summed E-state index contributed by atoms with van der Waals surface area (Å²) in [4.78, 5) is 2.08. The van der Waals surface area contributed by atoms with Crippen LogP contribution in [0, 0.1) is 0 Å². The lowest BCUT2D eigenvalue weighted by Gasteiger charge is -2.34. The first kappa shape index (κ1) is 16.3. The van der Waals surface area contributed by atoms with Crippen molar-refractivity contribution in [2.75, 3.05) is 26.2 Å². The Bertz CT molecular complexity index is 501. The van der Waals surface area contributed by atoms with Crippen LogP contribution in [0.2, 0.25) is 0 Å². The SMILES string of the molecule is C=C[C@H](c1cc(Br)ccc1OC(F)(F)F)N1CCNCC1. The average molecular weight is 365 g/mol. The maximum Gasteiger partial charge on any atom is 0.573 e. The molecule has 0 bridgehead atoms. The van der Waals surface area contributed by atoms with Gasteiger partial charge in [0.1, 0.15) is 5.75 Å². The van der Waals surface area contributed by atoms with Gasteiger partial charge in [0.05, 0.1) is 6.04 Å². The monoisotopic (exact) mass is 364 g/mol. The van der Waals surface area contributed by atoms with Crippen LogP contribution >= 0.6 is 15.9 Å². The normalized spacial score (nSPS) is 18.3. The number of alkyl halides is 3. The van der Waals surface area contributed by atoms with Crippen molar-refractivity contribution in [3.05, 3.63) is 40.9 Å². The second-order valence-electron chi connectivity index (χ2n) is 4.70. The number of nitrogens with one attached hydrogen (secondary N) is 1. The first-order chi connectivity index (χ1) is 9.90. The smallest absolute Gasteiger partial charge is 0.405 e. The number of benzene rings is 1. The van der Waals surface area contributed by atoms with Crippen molar-refractivity contribution in [2.45, 2.75) is 12.4 Å². The van der Waals surface area contributed by atoms with E-state index in [1.54, 1.807) is 12.1 Å². The molecule has 1 N–H and O–H groups in total. The van der Waals surface area contributed by atoms with Crippen LogP contribution in [-0.2, 0) is 0 Å². The zero-order valence-corrected chi connectivity index (χ0v) is 12.9. The van der Waals surface area contributed by atoms with E-state index >= 15 is 0 Å². The molecule has 1 aliphatic rings. The Hall–Kier alpha value is -1.05. The molecule has 0 aliphatic carbocycles. The fourth-order valence-electron chi connectivity index (χ4n) is 2.40. The van der Waals surface area contributed by atoms with Crippen molar-refractivity contribution in [3.63, 3.8) is 0 Å². The van der Waals surface area contributed by atoms with Crippen molar-refractivity contribution >= 4 is 15.9 Å². The molecule has 7 heteroatoms. The van der Waals surface area contributed by atoms with E-state index < -0.39 is 6.36 Å². The van der Waals surface area contributed by atoms with Gasteiger partial charge >= 0.3 is 6.36 Å². The summed E-state index contributed by atoms with van der Waals surface area (Å²) < 4.78 is 42.5. The highest BCUT2D eigenvalue weighted by Gasteiger charge is 2.33. The fraction of sp³-hybridized carbons (Fsp3) is 0.429. The highest BCUT2D eigenvalue weighted by Crippen LogP contribution is 2.35. The Morgan fingerprint density at radius 1 is 1.33 bits per heavy atom. The van der Waals surface area contributed by atoms with Crippen molar-refractivity contribution in [1.82, 2.24) is 10.2 Å². The highest BCUT2D eigenvalue weighted by atomic mass is 79.9. The van der Waals surface area contributed by atoms with E-state index in [4.69, 9.17) is 0 Å². The molecule has 3 nitrogen and oxygen atoms in total. The lowest BCUT2D eigenvalue weighted by Crippen LogP contribution is -2.44. The molecule has 0 spiro atoms. The summed E-state index contributed by atoms with van der Waals surface area (Å²) in [6.07, 6.45) is -3.06. The molecule has 1 saturated heterocycles. The van der Waals surface area contributed by atoms with E-state index in [-0.39, 0.29) is 11.8 Å². The third-order valence-electron chi connectivity index (χ3n) is 3.28. The standard InChI is InChI=1S/C14H16BrF3N2O/c1-2-12(20-7-5-19-6-8-20)11-9-10(15)3-4-13(11)21-14(16,17)18/h2-4,9,12,19H,1,5-8H2/t12-/m1/s1. The quantitative estimate of drug-likeness (QED) is 0.827. The zero-order chi connectivity index (χ0) is 15.5. The fourth-order valence-corrected chi connectivity index (χ4v) is 2.78. The molecule has 1 heterocycles. The molecule has 116 valence electrons. The molecule has 1 atom stereocenters. The molecular formula is C14H16BrF3N2O. The summed E-state index contributed by atoms with van der Waals surface area (Å²) in [6.45, 7) is 6.85. The van der Waals surface area contributed by atoms with Crippen LogP contribution in [0.1, 0.15) is 11.6 Å². The van der Waals surface area contributed by atoms with Crippen LogP contribution in [0.25, 0.3) is 0 Å². The number of rotatable bonds is 4. The predicted molar refractivity (Wildman–Crippen MR) is 78.2 cm³/mol. The Kier molecular flexibility index (Phi) is 5.29. The van der Waals surface area contributed by atoms with Gasteiger partial charge in [0.2, 0.25) is 0 Å². The number of halogens is 4. The third kappa shape index (κ3) is 4.46. The van der Waals surface area contributed by atoms with Crippen molar-refractivity contribution in [2.24, 2.45) is 0 Å². The number of piperazine rings is 1. The second-order valence-corrected chi connectivity index (χ2v) is 5.61. The largest absolute Gasteiger partial charge is 0.573 e. The van der Waals surface area contributed by atoms with Gasteiger partial charge in [-0.2, -0.15) is 0 Å². The van der Waals surface area contributed by atoms with Crippen molar-refractivity contribution < 1.29 is 17.9 Å². The van der Waals surface area contributed by atoms with Gasteiger partial charge in [-0.05, 0) is 18.2 Å². The van der Waals surface area contributed by atoms with Crippen LogP contribution in [0.4, 0.5) is 13.2 Å². The molecule has 1 aromatic carbocycles. The summed E-state index contributed by atoms with van der Waals surface area (Å²) in [6, 6.07) is 4.19. The topological polar surface area (TPSA) is 24.5 Å². The van der Waals surface area contributed by atoms with Crippen molar-refractivity contribution in [3.8, 4) is 5.75 Å². The Morgan fingerprint density at radius 3 is 2.57 bits per heavy atom. The third-order valence-corrected chi connectivity index (χ3v) is 3.78. The van der Waals surface area contributed by atoms with Gasteiger partial charge in [0.25, 0.3) is 0 Å². The molecule has 0 radical (unpaired) electrons. The zero-order valence-electron chi connectivity index (χ0n) is 11.3. The van der Waals surface area contributed by atoms with Crippen LogP contribution in [0.3, 0.4) is 0 Å². The van der Waals surface area contributed by atoms with Crippen LogP contribution in [-0.4, -0.2) is 37.4 Å². The summed E-state index contributed by atoms with van der Waals surface area (Å²) in [7, 11) is 0. The minimum Gasteiger partial charge on any atom is -0.405 e. The second kappa shape index (κ2) is 6.81. The van der Waals surface area contributed by atoms with Crippen LogP contribution in [0.15, 0.2) is 35.3 Å². The van der Waals surface area contributed by atoms with E-state index in [1.807, 2.05) is 0 Å². The van der Waals surface area contributed by atoms with E-state index in [0.29, 0.717) is 10.0 Å². The Balaban J connectivity index is 2.34. The minimum absolute atomic E-state index is 0.186. The highest BCUT2D eigenvalue weighted by molar-refractivity contribution is 9.10. The van der Waals surface area contributed by atoms with Gasteiger partial charge in [-0.1, -0.05) is 22.0 Å². The van der Waals surface area contributed by atoms with Crippen LogP contribution in [0.5, 0.6) is 5.75 Å². The van der Waals surface area contributed by atoms with E-state index in [0.717, 1.165) is 26.2 Å². The van der Waals surface area contributed by atoms with Gasteiger partial charge in [-0.25, -0.2) is 0 Å². The molecule has 0 unspecified atom stereocenters. The van der Waals surface area contributed by atoms with Gasteiger partial charge < -0.3 is 10.1 Å². The van der Waals surface area contributed by atoms with E-state index in [2.05, 4.69) is 37.5 Å².